The molecule has 0 saturated carbocycles. The zero-order valence-corrected chi connectivity index (χ0v) is 19.3. The van der Waals surface area contributed by atoms with Crippen LogP contribution in [0, 0.1) is 13.8 Å². The number of nitrogens with two attached hydrogens (primary N) is 1. The molecule has 174 valence electrons. The predicted octanol–water partition coefficient (Wildman–Crippen LogP) is 4.62. The second-order valence-corrected chi connectivity index (χ2v) is 7.70. The number of benzene rings is 3. The van der Waals surface area contributed by atoms with E-state index in [9.17, 15) is 4.79 Å². The fraction of sp³-hybridized carbons (Fsp3) is 0.192. The quantitative estimate of drug-likeness (QED) is 0.396. The van der Waals surface area contributed by atoms with Gasteiger partial charge in [-0.05, 0) is 53.9 Å². The first-order valence-corrected chi connectivity index (χ1v) is 10.8. The number of ether oxygens (including phenoxy) is 2. The van der Waals surface area contributed by atoms with Crippen LogP contribution in [0.1, 0.15) is 21.8 Å². The number of anilines is 1. The second kappa shape index (κ2) is 10.2. The van der Waals surface area contributed by atoms with E-state index in [1.807, 2.05) is 37.3 Å². The molecule has 0 spiro atoms. The average molecular weight is 459 g/mol. The summed E-state index contributed by atoms with van der Waals surface area (Å²) < 4.78 is 16.0. The van der Waals surface area contributed by atoms with Crippen molar-refractivity contribution in [1.82, 2.24) is 10.1 Å². The van der Waals surface area contributed by atoms with E-state index in [2.05, 4.69) is 15.5 Å². The summed E-state index contributed by atoms with van der Waals surface area (Å²) in [5.41, 5.74) is 10.7. The van der Waals surface area contributed by atoms with Crippen molar-refractivity contribution in [3.63, 3.8) is 0 Å². The summed E-state index contributed by atoms with van der Waals surface area (Å²) in [4.78, 5) is 17.1. The van der Waals surface area contributed by atoms with Crippen LogP contribution in [-0.4, -0.2) is 36.3 Å². The van der Waals surface area contributed by atoms with Crippen molar-refractivity contribution in [2.45, 2.75) is 13.8 Å². The van der Waals surface area contributed by atoms with Crippen LogP contribution in [0.25, 0.3) is 22.5 Å². The zero-order chi connectivity index (χ0) is 24.1. The van der Waals surface area contributed by atoms with Crippen LogP contribution >= 0.6 is 0 Å². The molecule has 8 heteroatoms. The van der Waals surface area contributed by atoms with Gasteiger partial charge in [0.15, 0.2) is 11.5 Å². The topological polar surface area (TPSA) is 112 Å². The van der Waals surface area contributed by atoms with Crippen molar-refractivity contribution in [3.05, 3.63) is 77.7 Å². The number of nitrogens with one attached hydrogen (secondary N) is 1. The summed E-state index contributed by atoms with van der Waals surface area (Å²) in [7, 11) is 1.56. The van der Waals surface area contributed by atoms with E-state index in [0.717, 1.165) is 22.3 Å². The minimum absolute atomic E-state index is 0.221. The summed E-state index contributed by atoms with van der Waals surface area (Å²) in [5, 5.41) is 6.87. The molecular formula is C26H26N4O4. The lowest BCUT2D eigenvalue weighted by molar-refractivity contribution is 0.102. The molecule has 0 aliphatic carbocycles. The number of hydrogen-bond acceptors (Lipinski definition) is 7. The van der Waals surface area contributed by atoms with Crippen LogP contribution in [0.4, 0.5) is 5.69 Å². The molecule has 4 rings (SSSR count). The minimum Gasteiger partial charge on any atom is -0.493 e. The van der Waals surface area contributed by atoms with E-state index in [-0.39, 0.29) is 5.91 Å². The van der Waals surface area contributed by atoms with Crippen LogP contribution in [-0.2, 0) is 0 Å². The Kier molecular flexibility index (Phi) is 6.89. The van der Waals surface area contributed by atoms with Gasteiger partial charge in [-0.3, -0.25) is 4.79 Å². The highest BCUT2D eigenvalue weighted by atomic mass is 16.5. The molecule has 1 amide bonds. The Morgan fingerprint density at radius 2 is 1.76 bits per heavy atom. The fourth-order valence-corrected chi connectivity index (χ4v) is 3.58. The summed E-state index contributed by atoms with van der Waals surface area (Å²) in [6, 6.07) is 18.7. The molecule has 0 aliphatic rings. The van der Waals surface area contributed by atoms with E-state index >= 15 is 0 Å². The Morgan fingerprint density at radius 1 is 1.00 bits per heavy atom. The van der Waals surface area contributed by atoms with E-state index in [1.54, 1.807) is 44.4 Å². The lowest BCUT2D eigenvalue weighted by atomic mass is 9.97. The molecule has 8 nitrogen and oxygen atoms in total. The molecule has 3 N–H and O–H groups in total. The van der Waals surface area contributed by atoms with Gasteiger partial charge in [-0.15, -0.1) is 0 Å². The van der Waals surface area contributed by atoms with Crippen LogP contribution in [0.2, 0.25) is 0 Å². The van der Waals surface area contributed by atoms with Crippen molar-refractivity contribution in [3.8, 4) is 34.0 Å². The van der Waals surface area contributed by atoms with Gasteiger partial charge in [-0.25, -0.2) is 0 Å². The Bertz CT molecular complexity index is 1300. The van der Waals surface area contributed by atoms with Gasteiger partial charge in [-0.2, -0.15) is 4.98 Å². The van der Waals surface area contributed by atoms with Gasteiger partial charge < -0.3 is 25.0 Å². The van der Waals surface area contributed by atoms with Crippen LogP contribution in [0.5, 0.6) is 11.5 Å². The summed E-state index contributed by atoms with van der Waals surface area (Å²) in [6.07, 6.45) is 0. The molecule has 0 atom stereocenters. The van der Waals surface area contributed by atoms with Crippen molar-refractivity contribution >= 4 is 11.6 Å². The molecule has 0 radical (unpaired) electrons. The average Bonchev–Trinajstić information content (AvgIpc) is 3.29. The maximum atomic E-state index is 12.8. The Hall–Kier alpha value is -4.17. The highest BCUT2D eigenvalue weighted by molar-refractivity contribution is 6.04. The molecule has 0 aliphatic heterocycles. The number of rotatable bonds is 8. The van der Waals surface area contributed by atoms with Crippen molar-refractivity contribution < 1.29 is 18.8 Å². The molecule has 1 heterocycles. The SMILES string of the molecule is COc1ccc(NC(=O)c2ccc(-c3ccc(-c4noc(C)n4)cc3C)cc2)cc1OCCN. The number of amides is 1. The second-order valence-electron chi connectivity index (χ2n) is 7.70. The predicted molar refractivity (Wildman–Crippen MR) is 130 cm³/mol. The van der Waals surface area contributed by atoms with Gasteiger partial charge in [0.25, 0.3) is 5.91 Å². The summed E-state index contributed by atoms with van der Waals surface area (Å²) in [6.45, 7) is 4.52. The molecule has 4 aromatic rings. The van der Waals surface area contributed by atoms with Crippen LogP contribution < -0.4 is 20.5 Å². The number of methoxy groups -OCH3 is 1. The Balaban J connectivity index is 1.49. The number of carbonyl (C=O) groups is 1. The van der Waals surface area contributed by atoms with Gasteiger partial charge in [0.1, 0.15) is 6.61 Å². The Morgan fingerprint density at radius 3 is 2.41 bits per heavy atom. The van der Waals surface area contributed by atoms with Gasteiger partial charge in [0.05, 0.1) is 7.11 Å². The Labute approximate surface area is 197 Å². The molecule has 0 saturated heterocycles. The van der Waals surface area contributed by atoms with E-state index in [1.165, 1.54) is 0 Å². The van der Waals surface area contributed by atoms with Crippen LogP contribution in [0.15, 0.2) is 65.2 Å². The molecule has 0 unspecified atom stereocenters. The van der Waals surface area contributed by atoms with E-state index < -0.39 is 0 Å². The number of carbonyl (C=O) groups excluding carboxylic acids is 1. The molecule has 34 heavy (non-hydrogen) atoms. The smallest absolute Gasteiger partial charge is 0.255 e. The van der Waals surface area contributed by atoms with Crippen molar-refractivity contribution in [1.29, 1.82) is 0 Å². The number of nitrogens with zero attached hydrogens (tertiary/aromatic N) is 2. The fourth-order valence-electron chi connectivity index (χ4n) is 3.58. The van der Waals surface area contributed by atoms with Gasteiger partial charge in [-0.1, -0.05) is 29.4 Å². The van der Waals surface area contributed by atoms with Crippen LogP contribution in [0.3, 0.4) is 0 Å². The third kappa shape index (κ3) is 5.07. The summed E-state index contributed by atoms with van der Waals surface area (Å²) in [5.74, 6) is 1.97. The lowest BCUT2D eigenvalue weighted by Crippen LogP contribution is -2.13. The summed E-state index contributed by atoms with van der Waals surface area (Å²) >= 11 is 0. The van der Waals surface area contributed by atoms with Gasteiger partial charge >= 0.3 is 0 Å². The molecule has 3 aromatic carbocycles. The van der Waals surface area contributed by atoms with E-state index in [0.29, 0.717) is 47.6 Å². The standard InChI is InChI=1S/C26H26N4O4/c1-16-14-20(25-28-17(2)34-30-25)8-10-22(16)18-4-6-19(7-5-18)26(31)29-21-9-11-23(32-3)24(15-21)33-13-12-27/h4-11,14-15H,12-13,27H2,1-3H3,(H,29,31). The molecular weight excluding hydrogens is 432 g/mol. The van der Waals surface area contributed by atoms with E-state index in [4.69, 9.17) is 19.7 Å². The number of hydrogen-bond donors (Lipinski definition) is 2. The van der Waals surface area contributed by atoms with Gasteiger partial charge in [0, 0.05) is 36.3 Å². The third-order valence-electron chi connectivity index (χ3n) is 5.27. The molecule has 1 aromatic heterocycles. The third-order valence-corrected chi connectivity index (χ3v) is 5.27. The largest absolute Gasteiger partial charge is 0.493 e. The first-order chi connectivity index (χ1) is 16.5. The van der Waals surface area contributed by atoms with Gasteiger partial charge in [0.2, 0.25) is 11.7 Å². The molecule has 0 bridgehead atoms. The maximum absolute atomic E-state index is 12.8. The maximum Gasteiger partial charge on any atom is 0.255 e. The first kappa shape index (κ1) is 23.0. The number of aromatic nitrogens is 2. The minimum atomic E-state index is -0.221. The monoisotopic (exact) mass is 458 g/mol. The van der Waals surface area contributed by atoms with Crippen molar-refractivity contribution in [2.75, 3.05) is 25.6 Å². The molecule has 0 fully saturated rings. The normalized spacial score (nSPS) is 10.7. The lowest BCUT2D eigenvalue weighted by Gasteiger charge is -2.13. The first-order valence-electron chi connectivity index (χ1n) is 10.8. The zero-order valence-electron chi connectivity index (χ0n) is 19.3. The van der Waals surface area contributed by atoms with Crippen molar-refractivity contribution in [2.24, 2.45) is 5.73 Å². The highest BCUT2D eigenvalue weighted by Gasteiger charge is 2.12. The number of aryl methyl sites for hydroxylation is 2. The highest BCUT2D eigenvalue weighted by Crippen LogP contribution is 2.31.